The molecule has 3 nitrogen and oxygen atoms in total. The van der Waals surface area contributed by atoms with Crippen LogP contribution in [0.1, 0.15) is 23.9 Å². The first-order valence-corrected chi connectivity index (χ1v) is 7.45. The fourth-order valence-electron chi connectivity index (χ4n) is 2.50. The summed E-state index contributed by atoms with van der Waals surface area (Å²) in [5.41, 5.74) is 3.54. The SMILES string of the molecule is CCn1nc(C)cc1CC(Cc1ccccc1Cl)NC. The van der Waals surface area contributed by atoms with Crippen LogP contribution in [-0.2, 0) is 19.4 Å². The van der Waals surface area contributed by atoms with Gasteiger partial charge in [0.1, 0.15) is 0 Å². The summed E-state index contributed by atoms with van der Waals surface area (Å²) in [6.45, 7) is 5.07. The monoisotopic (exact) mass is 291 g/mol. The maximum atomic E-state index is 6.25. The summed E-state index contributed by atoms with van der Waals surface area (Å²) in [5, 5.41) is 8.73. The predicted octanol–water partition coefficient (Wildman–Crippen LogP) is 3.24. The second-order valence-electron chi connectivity index (χ2n) is 5.08. The number of rotatable bonds is 6. The highest BCUT2D eigenvalue weighted by Crippen LogP contribution is 2.18. The molecule has 0 saturated carbocycles. The van der Waals surface area contributed by atoms with E-state index in [1.807, 2.05) is 32.2 Å². The van der Waals surface area contributed by atoms with Gasteiger partial charge in [0.05, 0.1) is 5.69 Å². The first kappa shape index (κ1) is 15.1. The van der Waals surface area contributed by atoms with Crippen molar-refractivity contribution in [2.75, 3.05) is 7.05 Å². The number of nitrogens with one attached hydrogen (secondary N) is 1. The number of likely N-dealkylation sites (N-methyl/N-ethyl adjacent to an activating group) is 1. The molecule has 0 aliphatic rings. The minimum Gasteiger partial charge on any atom is -0.316 e. The molecule has 1 N–H and O–H groups in total. The van der Waals surface area contributed by atoms with E-state index < -0.39 is 0 Å². The van der Waals surface area contributed by atoms with Crippen molar-refractivity contribution in [2.24, 2.45) is 0 Å². The van der Waals surface area contributed by atoms with Gasteiger partial charge in [-0.2, -0.15) is 5.10 Å². The summed E-state index contributed by atoms with van der Waals surface area (Å²) >= 11 is 6.25. The first-order chi connectivity index (χ1) is 9.63. The van der Waals surface area contributed by atoms with Crippen LogP contribution in [-0.4, -0.2) is 22.9 Å². The summed E-state index contributed by atoms with van der Waals surface area (Å²) in [7, 11) is 2.00. The van der Waals surface area contributed by atoms with Crippen molar-refractivity contribution < 1.29 is 0 Å². The number of halogens is 1. The number of hydrogen-bond donors (Lipinski definition) is 1. The molecule has 4 heteroatoms. The van der Waals surface area contributed by atoms with Gasteiger partial charge in [-0.15, -0.1) is 0 Å². The molecule has 1 unspecified atom stereocenters. The normalized spacial score (nSPS) is 12.6. The molecule has 0 bridgehead atoms. The molecule has 0 fully saturated rings. The van der Waals surface area contributed by atoms with Crippen molar-refractivity contribution in [3.8, 4) is 0 Å². The van der Waals surface area contributed by atoms with Gasteiger partial charge in [-0.25, -0.2) is 0 Å². The van der Waals surface area contributed by atoms with E-state index in [1.54, 1.807) is 0 Å². The van der Waals surface area contributed by atoms with E-state index in [1.165, 1.54) is 11.3 Å². The van der Waals surface area contributed by atoms with Crippen LogP contribution in [0.3, 0.4) is 0 Å². The average Bonchev–Trinajstić information content (AvgIpc) is 2.80. The average molecular weight is 292 g/mol. The molecule has 108 valence electrons. The summed E-state index contributed by atoms with van der Waals surface area (Å²) in [5.74, 6) is 0. The van der Waals surface area contributed by atoms with E-state index >= 15 is 0 Å². The van der Waals surface area contributed by atoms with Crippen molar-refractivity contribution in [2.45, 2.75) is 39.3 Å². The van der Waals surface area contributed by atoms with Crippen LogP contribution in [0.5, 0.6) is 0 Å². The molecular formula is C16H22ClN3. The minimum atomic E-state index is 0.358. The van der Waals surface area contributed by atoms with E-state index in [2.05, 4.69) is 34.2 Å². The molecule has 1 atom stereocenters. The van der Waals surface area contributed by atoms with Gasteiger partial charge >= 0.3 is 0 Å². The van der Waals surface area contributed by atoms with Gasteiger partial charge in [-0.3, -0.25) is 4.68 Å². The van der Waals surface area contributed by atoms with Crippen molar-refractivity contribution in [3.05, 3.63) is 52.3 Å². The molecule has 0 aliphatic carbocycles. The molecule has 2 rings (SSSR count). The zero-order chi connectivity index (χ0) is 14.5. The lowest BCUT2D eigenvalue weighted by Gasteiger charge is -2.17. The Morgan fingerprint density at radius 1 is 1.30 bits per heavy atom. The molecule has 0 spiro atoms. The van der Waals surface area contributed by atoms with Gasteiger partial charge < -0.3 is 5.32 Å². The van der Waals surface area contributed by atoms with Crippen molar-refractivity contribution in [1.82, 2.24) is 15.1 Å². The van der Waals surface area contributed by atoms with Gasteiger partial charge in [0, 0.05) is 29.7 Å². The Bertz CT molecular complexity index is 563. The highest BCUT2D eigenvalue weighted by molar-refractivity contribution is 6.31. The maximum Gasteiger partial charge on any atom is 0.0596 e. The standard InChI is InChI=1S/C16H22ClN3/c1-4-20-15(9-12(2)19-20)11-14(18-3)10-13-7-5-6-8-16(13)17/h5-9,14,18H,4,10-11H2,1-3H3. The zero-order valence-corrected chi connectivity index (χ0v) is 13.1. The van der Waals surface area contributed by atoms with E-state index in [-0.39, 0.29) is 0 Å². The molecule has 0 saturated heterocycles. The Labute approximate surface area is 126 Å². The lowest BCUT2D eigenvalue weighted by Crippen LogP contribution is -2.31. The number of aryl methyl sites for hydroxylation is 2. The Hall–Kier alpha value is -1.32. The van der Waals surface area contributed by atoms with Crippen molar-refractivity contribution >= 4 is 11.6 Å². The fraction of sp³-hybridized carbons (Fsp3) is 0.438. The molecule has 0 amide bonds. The van der Waals surface area contributed by atoms with E-state index in [4.69, 9.17) is 11.6 Å². The molecule has 0 radical (unpaired) electrons. The molecule has 0 aliphatic heterocycles. The quantitative estimate of drug-likeness (QED) is 0.885. The molecule has 1 aromatic heterocycles. The van der Waals surface area contributed by atoms with E-state index in [0.29, 0.717) is 6.04 Å². The predicted molar refractivity (Wildman–Crippen MR) is 84.3 cm³/mol. The van der Waals surface area contributed by atoms with Crippen LogP contribution in [0, 0.1) is 6.92 Å². The molecular weight excluding hydrogens is 270 g/mol. The van der Waals surface area contributed by atoms with Crippen LogP contribution < -0.4 is 5.32 Å². The molecule has 20 heavy (non-hydrogen) atoms. The Morgan fingerprint density at radius 3 is 2.70 bits per heavy atom. The summed E-state index contributed by atoms with van der Waals surface area (Å²) in [6, 6.07) is 10.6. The Balaban J connectivity index is 2.11. The third kappa shape index (κ3) is 3.62. The zero-order valence-electron chi connectivity index (χ0n) is 12.4. The van der Waals surface area contributed by atoms with E-state index in [0.717, 1.165) is 30.1 Å². The molecule has 1 heterocycles. The van der Waals surface area contributed by atoms with Gasteiger partial charge in [0.2, 0.25) is 0 Å². The first-order valence-electron chi connectivity index (χ1n) is 7.08. The lowest BCUT2D eigenvalue weighted by atomic mass is 10.0. The van der Waals surface area contributed by atoms with E-state index in [9.17, 15) is 0 Å². The summed E-state index contributed by atoms with van der Waals surface area (Å²) in [6.07, 6.45) is 1.88. The number of benzene rings is 1. The van der Waals surface area contributed by atoms with Crippen LogP contribution in [0.4, 0.5) is 0 Å². The third-order valence-corrected chi connectivity index (χ3v) is 3.94. The highest BCUT2D eigenvalue weighted by atomic mass is 35.5. The summed E-state index contributed by atoms with van der Waals surface area (Å²) in [4.78, 5) is 0. The number of hydrogen-bond acceptors (Lipinski definition) is 2. The van der Waals surface area contributed by atoms with Gasteiger partial charge in [-0.1, -0.05) is 29.8 Å². The maximum absolute atomic E-state index is 6.25. The van der Waals surface area contributed by atoms with Crippen LogP contribution >= 0.6 is 11.6 Å². The van der Waals surface area contributed by atoms with Crippen molar-refractivity contribution in [3.63, 3.8) is 0 Å². The smallest absolute Gasteiger partial charge is 0.0596 e. The topological polar surface area (TPSA) is 29.9 Å². The Kier molecular flexibility index (Phi) is 5.21. The van der Waals surface area contributed by atoms with Crippen LogP contribution in [0.15, 0.2) is 30.3 Å². The lowest BCUT2D eigenvalue weighted by molar-refractivity contribution is 0.520. The number of aromatic nitrogens is 2. The Morgan fingerprint density at radius 2 is 2.05 bits per heavy atom. The minimum absolute atomic E-state index is 0.358. The molecule has 1 aromatic carbocycles. The van der Waals surface area contributed by atoms with Crippen LogP contribution in [0.2, 0.25) is 5.02 Å². The summed E-state index contributed by atoms with van der Waals surface area (Å²) < 4.78 is 2.08. The molecule has 2 aromatic rings. The second-order valence-corrected chi connectivity index (χ2v) is 5.49. The van der Waals surface area contributed by atoms with Crippen LogP contribution in [0.25, 0.3) is 0 Å². The largest absolute Gasteiger partial charge is 0.316 e. The number of nitrogens with zero attached hydrogens (tertiary/aromatic N) is 2. The van der Waals surface area contributed by atoms with Crippen molar-refractivity contribution in [1.29, 1.82) is 0 Å². The second kappa shape index (κ2) is 6.91. The highest BCUT2D eigenvalue weighted by Gasteiger charge is 2.13. The van der Waals surface area contributed by atoms with Gasteiger partial charge in [0.25, 0.3) is 0 Å². The van der Waals surface area contributed by atoms with Gasteiger partial charge in [-0.05, 0) is 45.0 Å². The third-order valence-electron chi connectivity index (χ3n) is 3.57. The fourth-order valence-corrected chi connectivity index (χ4v) is 2.71. The van der Waals surface area contributed by atoms with Gasteiger partial charge in [0.15, 0.2) is 0 Å².